The Balaban J connectivity index is 1.86. The highest BCUT2D eigenvalue weighted by Gasteiger charge is 2.24. The second kappa shape index (κ2) is 7.11. The normalized spacial score (nSPS) is 15.8. The van der Waals surface area contributed by atoms with Crippen LogP contribution in [0.5, 0.6) is 5.75 Å². The second-order valence-electron chi connectivity index (χ2n) is 6.69. The predicted octanol–water partition coefficient (Wildman–Crippen LogP) is 1.90. The third-order valence-corrected chi connectivity index (χ3v) is 6.08. The van der Waals surface area contributed by atoms with Crippen molar-refractivity contribution in [2.45, 2.75) is 42.9 Å². The van der Waals surface area contributed by atoms with Gasteiger partial charge in [0.15, 0.2) is 4.90 Å². The lowest BCUT2D eigenvalue weighted by atomic mass is 9.84. The van der Waals surface area contributed by atoms with Gasteiger partial charge in [-0.15, -0.1) is 0 Å². The Hall–Kier alpha value is -2.35. The number of aromatic nitrogens is 2. The summed E-state index contributed by atoms with van der Waals surface area (Å²) in [6.45, 7) is 0. The van der Waals surface area contributed by atoms with E-state index in [0.29, 0.717) is 5.92 Å². The van der Waals surface area contributed by atoms with Gasteiger partial charge >= 0.3 is 15.8 Å². The first kappa shape index (κ1) is 18.4. The fraction of sp³-hybridized carbons (Fsp3) is 0.444. The van der Waals surface area contributed by atoms with E-state index in [0.717, 1.165) is 28.2 Å². The molecule has 1 fully saturated rings. The minimum atomic E-state index is -4.34. The molecule has 2 aromatic rings. The molecule has 1 aromatic carbocycles. The number of hydrogen-bond donors (Lipinski definition) is 0. The van der Waals surface area contributed by atoms with Crippen LogP contribution in [0.1, 0.15) is 43.6 Å². The van der Waals surface area contributed by atoms with Gasteiger partial charge < -0.3 is 8.75 Å². The molecule has 0 atom stereocenters. The third kappa shape index (κ3) is 3.60. The zero-order valence-corrected chi connectivity index (χ0v) is 15.7. The summed E-state index contributed by atoms with van der Waals surface area (Å²) in [4.78, 5) is 23.3. The largest absolute Gasteiger partial charge is 0.379 e. The summed E-state index contributed by atoms with van der Waals surface area (Å²) < 4.78 is 31.8. The molecule has 1 saturated carbocycles. The topological polar surface area (TPSA) is 87.4 Å². The van der Waals surface area contributed by atoms with E-state index in [2.05, 4.69) is 0 Å². The Morgan fingerprint density at radius 3 is 2.23 bits per heavy atom. The van der Waals surface area contributed by atoms with Crippen LogP contribution in [-0.2, 0) is 24.2 Å². The van der Waals surface area contributed by atoms with Crippen LogP contribution in [0.2, 0.25) is 0 Å². The van der Waals surface area contributed by atoms with Gasteiger partial charge in [0.2, 0.25) is 0 Å². The van der Waals surface area contributed by atoms with E-state index < -0.39 is 26.3 Å². The first-order chi connectivity index (χ1) is 12.3. The maximum Gasteiger partial charge on any atom is 0.346 e. The maximum absolute atomic E-state index is 12.5. The average Bonchev–Trinajstić information content (AvgIpc) is 2.64. The van der Waals surface area contributed by atoms with Crippen molar-refractivity contribution in [3.8, 4) is 5.75 Å². The molecule has 8 heteroatoms. The quantitative estimate of drug-likeness (QED) is 0.759. The minimum Gasteiger partial charge on any atom is -0.379 e. The molecule has 0 saturated heterocycles. The van der Waals surface area contributed by atoms with Gasteiger partial charge in [0.25, 0.3) is 5.56 Å². The van der Waals surface area contributed by atoms with Crippen LogP contribution >= 0.6 is 0 Å². The lowest BCUT2D eigenvalue weighted by Gasteiger charge is -2.22. The van der Waals surface area contributed by atoms with Crippen LogP contribution in [0.15, 0.2) is 44.9 Å². The van der Waals surface area contributed by atoms with Crippen molar-refractivity contribution in [2.75, 3.05) is 0 Å². The number of hydrogen-bond acceptors (Lipinski definition) is 5. The van der Waals surface area contributed by atoms with Crippen LogP contribution in [-0.4, -0.2) is 17.6 Å². The standard InChI is InChI=1S/C18H22N2O5S/c1-19-12-16(17(21)20(2)18(19)22)26(23,24)25-15-10-8-14(9-11-15)13-6-4-3-5-7-13/h8-13H,3-7H2,1-2H3. The molecular formula is C18H22N2O5S. The minimum absolute atomic E-state index is 0.139. The fourth-order valence-corrected chi connectivity index (χ4v) is 4.44. The monoisotopic (exact) mass is 378 g/mol. The van der Waals surface area contributed by atoms with E-state index in [-0.39, 0.29) is 5.75 Å². The van der Waals surface area contributed by atoms with Crippen LogP contribution in [0, 0.1) is 0 Å². The van der Waals surface area contributed by atoms with E-state index in [1.54, 1.807) is 12.1 Å². The van der Waals surface area contributed by atoms with Gasteiger partial charge in [0, 0.05) is 20.3 Å². The SMILES string of the molecule is Cn1cc(S(=O)(=O)Oc2ccc(C3CCCCC3)cc2)c(=O)n(C)c1=O. The summed E-state index contributed by atoms with van der Waals surface area (Å²) in [6, 6.07) is 6.96. The smallest absolute Gasteiger partial charge is 0.346 e. The summed E-state index contributed by atoms with van der Waals surface area (Å²) in [5, 5.41) is 0. The van der Waals surface area contributed by atoms with Crippen molar-refractivity contribution in [3.63, 3.8) is 0 Å². The number of rotatable bonds is 4. The molecular weight excluding hydrogens is 356 g/mol. The molecule has 0 aliphatic heterocycles. The highest BCUT2D eigenvalue weighted by molar-refractivity contribution is 7.87. The molecule has 140 valence electrons. The molecule has 0 unspecified atom stereocenters. The Kier molecular flexibility index (Phi) is 5.04. The van der Waals surface area contributed by atoms with Gasteiger partial charge in [0.05, 0.1) is 0 Å². The van der Waals surface area contributed by atoms with Crippen LogP contribution in [0.4, 0.5) is 0 Å². The lowest BCUT2D eigenvalue weighted by molar-refractivity contribution is 0.443. The van der Waals surface area contributed by atoms with Gasteiger partial charge in [0.1, 0.15) is 5.75 Å². The Morgan fingerprint density at radius 2 is 1.62 bits per heavy atom. The highest BCUT2D eigenvalue weighted by atomic mass is 32.2. The highest BCUT2D eigenvalue weighted by Crippen LogP contribution is 2.33. The summed E-state index contributed by atoms with van der Waals surface area (Å²) in [5.41, 5.74) is -0.342. The van der Waals surface area contributed by atoms with Gasteiger partial charge in [-0.2, -0.15) is 8.42 Å². The number of benzene rings is 1. The Labute approximate surface area is 152 Å². The molecule has 1 aromatic heterocycles. The molecule has 1 aliphatic carbocycles. The summed E-state index contributed by atoms with van der Waals surface area (Å²) in [6.07, 6.45) is 6.97. The third-order valence-electron chi connectivity index (χ3n) is 4.85. The zero-order chi connectivity index (χ0) is 18.9. The van der Waals surface area contributed by atoms with Crippen molar-refractivity contribution in [1.82, 2.24) is 9.13 Å². The Bertz CT molecular complexity index is 1010. The second-order valence-corrected chi connectivity index (χ2v) is 8.21. The summed E-state index contributed by atoms with van der Waals surface area (Å²) in [7, 11) is -1.74. The van der Waals surface area contributed by atoms with Crippen molar-refractivity contribution in [2.24, 2.45) is 14.1 Å². The molecule has 0 N–H and O–H groups in total. The van der Waals surface area contributed by atoms with Crippen molar-refractivity contribution in [3.05, 3.63) is 56.9 Å². The van der Waals surface area contributed by atoms with Crippen LogP contribution in [0.25, 0.3) is 0 Å². The van der Waals surface area contributed by atoms with E-state index >= 15 is 0 Å². The molecule has 0 radical (unpaired) electrons. The molecule has 0 bridgehead atoms. The van der Waals surface area contributed by atoms with Crippen molar-refractivity contribution in [1.29, 1.82) is 0 Å². The van der Waals surface area contributed by atoms with Crippen molar-refractivity contribution < 1.29 is 12.6 Å². The summed E-state index contributed by atoms with van der Waals surface area (Å²) in [5.74, 6) is 0.644. The molecule has 3 rings (SSSR count). The molecule has 1 heterocycles. The summed E-state index contributed by atoms with van der Waals surface area (Å²) >= 11 is 0. The Morgan fingerprint density at radius 1 is 1.00 bits per heavy atom. The van der Waals surface area contributed by atoms with Crippen molar-refractivity contribution >= 4 is 10.1 Å². The van der Waals surface area contributed by atoms with Gasteiger partial charge in [-0.3, -0.25) is 9.36 Å². The van der Waals surface area contributed by atoms with Gasteiger partial charge in [-0.25, -0.2) is 4.79 Å². The molecule has 0 spiro atoms. The number of aryl methyl sites for hydroxylation is 1. The van der Waals surface area contributed by atoms with E-state index in [4.69, 9.17) is 4.18 Å². The van der Waals surface area contributed by atoms with Gasteiger partial charge in [-0.05, 0) is 36.5 Å². The van der Waals surface area contributed by atoms with Gasteiger partial charge in [-0.1, -0.05) is 31.4 Å². The molecule has 0 amide bonds. The molecule has 7 nitrogen and oxygen atoms in total. The zero-order valence-electron chi connectivity index (χ0n) is 14.8. The maximum atomic E-state index is 12.5. The van der Waals surface area contributed by atoms with E-state index in [9.17, 15) is 18.0 Å². The predicted molar refractivity (Wildman–Crippen MR) is 97.0 cm³/mol. The van der Waals surface area contributed by atoms with E-state index in [1.807, 2.05) is 12.1 Å². The average molecular weight is 378 g/mol. The lowest BCUT2D eigenvalue weighted by Crippen LogP contribution is -2.39. The van der Waals surface area contributed by atoms with E-state index in [1.165, 1.54) is 38.9 Å². The first-order valence-electron chi connectivity index (χ1n) is 8.61. The first-order valence-corrected chi connectivity index (χ1v) is 10.0. The van der Waals surface area contributed by atoms with Crippen LogP contribution < -0.4 is 15.4 Å². The molecule has 1 aliphatic rings. The van der Waals surface area contributed by atoms with Crippen LogP contribution in [0.3, 0.4) is 0 Å². The fourth-order valence-electron chi connectivity index (χ4n) is 3.35. The molecule has 26 heavy (non-hydrogen) atoms. The number of nitrogens with zero attached hydrogens (tertiary/aromatic N) is 2.